The normalized spacial score (nSPS) is 25.5. The van der Waals surface area contributed by atoms with Crippen molar-refractivity contribution in [3.8, 4) is 6.07 Å². The summed E-state index contributed by atoms with van der Waals surface area (Å²) >= 11 is 0. The van der Waals surface area contributed by atoms with E-state index in [9.17, 15) is 0 Å². The Morgan fingerprint density at radius 1 is 1.32 bits per heavy atom. The zero-order chi connectivity index (χ0) is 13.7. The van der Waals surface area contributed by atoms with Gasteiger partial charge < -0.3 is 4.74 Å². The van der Waals surface area contributed by atoms with Crippen molar-refractivity contribution in [2.75, 3.05) is 19.6 Å². The number of ether oxygens (including phenoxy) is 1. The third kappa shape index (κ3) is 4.19. The molecule has 0 aromatic rings. The third-order valence-corrected chi connectivity index (χ3v) is 4.48. The van der Waals surface area contributed by atoms with Gasteiger partial charge in [0.2, 0.25) is 0 Å². The predicted octanol–water partition coefficient (Wildman–Crippen LogP) is 3.35. The summed E-state index contributed by atoms with van der Waals surface area (Å²) in [5.74, 6) is 0.653. The molecule has 0 aromatic heterocycles. The fraction of sp³-hybridized carbons (Fsp3) is 0.938. The van der Waals surface area contributed by atoms with Crippen molar-refractivity contribution in [2.24, 2.45) is 5.92 Å². The molecule has 1 saturated carbocycles. The molecule has 0 amide bonds. The molecule has 1 aliphatic carbocycles. The molecule has 0 bridgehead atoms. The lowest BCUT2D eigenvalue weighted by molar-refractivity contribution is -0.0479. The lowest BCUT2D eigenvalue weighted by atomic mass is 9.98. The highest BCUT2D eigenvalue weighted by atomic mass is 16.5. The van der Waals surface area contributed by atoms with E-state index in [0.29, 0.717) is 18.4 Å². The second-order valence-electron chi connectivity index (χ2n) is 6.73. The Morgan fingerprint density at radius 2 is 2.05 bits per heavy atom. The van der Waals surface area contributed by atoms with Crippen LogP contribution in [0.4, 0.5) is 0 Å². The summed E-state index contributed by atoms with van der Waals surface area (Å²) in [6.07, 6.45) is 8.72. The first-order chi connectivity index (χ1) is 9.13. The second-order valence-corrected chi connectivity index (χ2v) is 6.73. The first-order valence-electron chi connectivity index (χ1n) is 7.91. The SMILES string of the molecule is CC(C)CN(CCC#N)CC1CCC2(CCCC2)O1. The lowest BCUT2D eigenvalue weighted by Crippen LogP contribution is -2.37. The van der Waals surface area contributed by atoms with Gasteiger partial charge in [0.1, 0.15) is 0 Å². The van der Waals surface area contributed by atoms with E-state index in [2.05, 4.69) is 24.8 Å². The average Bonchev–Trinajstić information content (AvgIpc) is 2.97. The summed E-state index contributed by atoms with van der Waals surface area (Å²) < 4.78 is 6.38. The predicted molar refractivity (Wildman–Crippen MR) is 76.8 cm³/mol. The van der Waals surface area contributed by atoms with Gasteiger partial charge in [0, 0.05) is 26.1 Å². The first kappa shape index (κ1) is 14.8. The van der Waals surface area contributed by atoms with E-state index < -0.39 is 0 Å². The maximum Gasteiger partial charge on any atom is 0.0710 e. The van der Waals surface area contributed by atoms with Crippen LogP contribution >= 0.6 is 0 Å². The molecule has 2 rings (SSSR count). The van der Waals surface area contributed by atoms with Crippen LogP contribution < -0.4 is 0 Å². The van der Waals surface area contributed by atoms with Gasteiger partial charge in [0.15, 0.2) is 0 Å². The van der Waals surface area contributed by atoms with E-state index in [1.54, 1.807) is 0 Å². The van der Waals surface area contributed by atoms with Gasteiger partial charge in [-0.2, -0.15) is 5.26 Å². The smallest absolute Gasteiger partial charge is 0.0710 e. The quantitative estimate of drug-likeness (QED) is 0.738. The van der Waals surface area contributed by atoms with Crippen LogP contribution in [0.1, 0.15) is 58.8 Å². The topological polar surface area (TPSA) is 36.3 Å². The van der Waals surface area contributed by atoms with Crippen LogP contribution in [0.3, 0.4) is 0 Å². The van der Waals surface area contributed by atoms with E-state index in [1.807, 2.05) is 0 Å². The van der Waals surface area contributed by atoms with E-state index in [4.69, 9.17) is 10.00 Å². The van der Waals surface area contributed by atoms with E-state index >= 15 is 0 Å². The molecule has 2 aliphatic rings. The van der Waals surface area contributed by atoms with Crippen LogP contribution in [0.5, 0.6) is 0 Å². The molecule has 3 heteroatoms. The minimum atomic E-state index is 0.239. The maximum atomic E-state index is 8.77. The molecule has 2 fully saturated rings. The van der Waals surface area contributed by atoms with Crippen LogP contribution in [0.2, 0.25) is 0 Å². The fourth-order valence-electron chi connectivity index (χ4n) is 3.68. The molecular weight excluding hydrogens is 236 g/mol. The summed E-state index contributed by atoms with van der Waals surface area (Å²) in [6.45, 7) is 7.47. The van der Waals surface area contributed by atoms with Crippen LogP contribution in [0.25, 0.3) is 0 Å². The Kier molecular flexibility index (Phi) is 5.24. The standard InChI is InChI=1S/C16H28N2O/c1-14(2)12-18(11-5-10-17)13-15-6-9-16(19-15)7-3-4-8-16/h14-15H,3-9,11-13H2,1-2H3. The fourth-order valence-corrected chi connectivity index (χ4v) is 3.68. The molecule has 1 spiro atoms. The molecule has 1 saturated heterocycles. The molecule has 1 atom stereocenters. The highest BCUT2D eigenvalue weighted by Crippen LogP contribution is 2.43. The van der Waals surface area contributed by atoms with Crippen LogP contribution in [-0.2, 0) is 4.74 Å². The van der Waals surface area contributed by atoms with Gasteiger partial charge in [-0.3, -0.25) is 4.90 Å². The van der Waals surface area contributed by atoms with Gasteiger partial charge in [0.05, 0.1) is 17.8 Å². The first-order valence-corrected chi connectivity index (χ1v) is 7.91. The number of rotatable bonds is 6. The third-order valence-electron chi connectivity index (χ3n) is 4.48. The average molecular weight is 264 g/mol. The summed E-state index contributed by atoms with van der Waals surface area (Å²) in [5, 5.41) is 8.77. The lowest BCUT2D eigenvalue weighted by Gasteiger charge is -2.28. The van der Waals surface area contributed by atoms with E-state index in [0.717, 1.165) is 19.6 Å². The van der Waals surface area contributed by atoms with Gasteiger partial charge >= 0.3 is 0 Å². The highest BCUT2D eigenvalue weighted by molar-refractivity contribution is 4.93. The Morgan fingerprint density at radius 3 is 2.68 bits per heavy atom. The molecule has 0 N–H and O–H groups in total. The number of hydrogen-bond acceptors (Lipinski definition) is 3. The summed E-state index contributed by atoms with van der Waals surface area (Å²) in [5.41, 5.74) is 0.239. The van der Waals surface area contributed by atoms with Crippen molar-refractivity contribution in [2.45, 2.75) is 70.5 Å². The molecule has 1 aliphatic heterocycles. The van der Waals surface area contributed by atoms with Crippen LogP contribution in [0, 0.1) is 17.2 Å². The molecule has 1 heterocycles. The zero-order valence-corrected chi connectivity index (χ0v) is 12.5. The minimum absolute atomic E-state index is 0.239. The molecule has 19 heavy (non-hydrogen) atoms. The van der Waals surface area contributed by atoms with Gasteiger partial charge in [-0.15, -0.1) is 0 Å². The van der Waals surface area contributed by atoms with Crippen molar-refractivity contribution in [1.82, 2.24) is 4.90 Å². The number of nitriles is 1. The molecule has 0 radical (unpaired) electrons. The Labute approximate surface area is 117 Å². The molecule has 0 aromatic carbocycles. The van der Waals surface area contributed by atoms with Crippen molar-refractivity contribution in [1.29, 1.82) is 5.26 Å². The van der Waals surface area contributed by atoms with Gasteiger partial charge in [-0.25, -0.2) is 0 Å². The van der Waals surface area contributed by atoms with E-state index in [1.165, 1.54) is 38.5 Å². The summed E-state index contributed by atoms with van der Waals surface area (Å²) in [6, 6.07) is 2.26. The minimum Gasteiger partial charge on any atom is -0.370 e. The van der Waals surface area contributed by atoms with Crippen molar-refractivity contribution < 1.29 is 4.74 Å². The zero-order valence-electron chi connectivity index (χ0n) is 12.5. The Hall–Kier alpha value is -0.590. The summed E-state index contributed by atoms with van der Waals surface area (Å²) in [7, 11) is 0. The molecular formula is C16H28N2O. The number of nitrogens with zero attached hydrogens (tertiary/aromatic N) is 2. The highest BCUT2D eigenvalue weighted by Gasteiger charge is 2.42. The van der Waals surface area contributed by atoms with Gasteiger partial charge in [0.25, 0.3) is 0 Å². The van der Waals surface area contributed by atoms with Crippen molar-refractivity contribution in [3.05, 3.63) is 0 Å². The van der Waals surface area contributed by atoms with Gasteiger partial charge in [-0.1, -0.05) is 26.7 Å². The maximum absolute atomic E-state index is 8.77. The monoisotopic (exact) mass is 264 g/mol. The molecule has 1 unspecified atom stereocenters. The van der Waals surface area contributed by atoms with Crippen molar-refractivity contribution >= 4 is 0 Å². The Bertz CT molecular complexity index is 315. The van der Waals surface area contributed by atoms with E-state index in [-0.39, 0.29) is 5.60 Å². The Balaban J connectivity index is 1.82. The molecule has 108 valence electrons. The number of hydrogen-bond donors (Lipinski definition) is 0. The largest absolute Gasteiger partial charge is 0.370 e. The van der Waals surface area contributed by atoms with Crippen LogP contribution in [-0.4, -0.2) is 36.2 Å². The van der Waals surface area contributed by atoms with Crippen LogP contribution in [0.15, 0.2) is 0 Å². The second kappa shape index (κ2) is 6.72. The van der Waals surface area contributed by atoms with Gasteiger partial charge in [-0.05, 0) is 31.6 Å². The van der Waals surface area contributed by atoms with Crippen molar-refractivity contribution in [3.63, 3.8) is 0 Å². The summed E-state index contributed by atoms with van der Waals surface area (Å²) in [4.78, 5) is 2.42. The molecule has 3 nitrogen and oxygen atoms in total.